The number of likely N-dealkylation sites (tertiary alicyclic amines) is 1. The fourth-order valence-electron chi connectivity index (χ4n) is 1.95. The van der Waals surface area contributed by atoms with Crippen molar-refractivity contribution in [2.75, 3.05) is 13.1 Å². The summed E-state index contributed by atoms with van der Waals surface area (Å²) in [7, 11) is 1.86. The maximum Gasteiger partial charge on any atom is 0.191 e. The lowest BCUT2D eigenvalue weighted by atomic mass is 10.00. The standard InChI is InChI=1S/C11H20N6/c1-9-3-5-17(6-4-9)11(12)13-7-10-8-14-15-16(10)2/h8-9H,3-7H2,1-2H3,(H2,12,13). The third-order valence-electron chi connectivity index (χ3n) is 3.32. The second-order valence-electron chi connectivity index (χ2n) is 4.69. The Balaban J connectivity index is 1.91. The van der Waals surface area contributed by atoms with Crippen LogP contribution in [0.15, 0.2) is 11.2 Å². The predicted molar refractivity (Wildman–Crippen MR) is 66.3 cm³/mol. The molecule has 0 atom stereocenters. The minimum absolute atomic E-state index is 0.543. The molecule has 0 spiro atoms. The van der Waals surface area contributed by atoms with Gasteiger partial charge >= 0.3 is 0 Å². The van der Waals surface area contributed by atoms with Gasteiger partial charge in [0.25, 0.3) is 0 Å². The summed E-state index contributed by atoms with van der Waals surface area (Å²) in [5.74, 6) is 1.44. The van der Waals surface area contributed by atoms with Gasteiger partial charge in [-0.1, -0.05) is 12.1 Å². The Morgan fingerprint density at radius 2 is 2.24 bits per heavy atom. The molecule has 0 amide bonds. The molecule has 1 aliphatic heterocycles. The summed E-state index contributed by atoms with van der Waals surface area (Å²) in [5, 5.41) is 7.67. The molecular weight excluding hydrogens is 216 g/mol. The first-order chi connectivity index (χ1) is 8.16. The number of hydrogen-bond donors (Lipinski definition) is 1. The van der Waals surface area contributed by atoms with Crippen LogP contribution in [0.2, 0.25) is 0 Å². The average Bonchev–Trinajstić information content (AvgIpc) is 2.73. The van der Waals surface area contributed by atoms with Gasteiger partial charge in [-0.15, -0.1) is 5.10 Å². The minimum atomic E-state index is 0.543. The maximum atomic E-state index is 5.99. The normalized spacial score (nSPS) is 18.7. The van der Waals surface area contributed by atoms with Crippen molar-refractivity contribution in [1.82, 2.24) is 19.9 Å². The Kier molecular flexibility index (Phi) is 3.61. The quantitative estimate of drug-likeness (QED) is 0.594. The number of nitrogens with zero attached hydrogens (tertiary/aromatic N) is 5. The van der Waals surface area contributed by atoms with Gasteiger partial charge in [0.05, 0.1) is 18.4 Å². The van der Waals surface area contributed by atoms with Crippen molar-refractivity contribution in [3.8, 4) is 0 Å². The number of aryl methyl sites for hydroxylation is 1. The monoisotopic (exact) mass is 236 g/mol. The van der Waals surface area contributed by atoms with Crippen molar-refractivity contribution in [2.45, 2.75) is 26.3 Å². The highest BCUT2D eigenvalue weighted by Crippen LogP contribution is 2.15. The number of aliphatic imine (C=N–C) groups is 1. The summed E-state index contributed by atoms with van der Waals surface area (Å²) in [5.41, 5.74) is 6.96. The van der Waals surface area contributed by atoms with Crippen LogP contribution in [0.4, 0.5) is 0 Å². The molecular formula is C11H20N6. The van der Waals surface area contributed by atoms with E-state index >= 15 is 0 Å². The highest BCUT2D eigenvalue weighted by Gasteiger charge is 2.16. The van der Waals surface area contributed by atoms with E-state index in [9.17, 15) is 0 Å². The number of aromatic nitrogens is 3. The Bertz CT molecular complexity index is 388. The molecule has 1 aromatic rings. The first-order valence-electron chi connectivity index (χ1n) is 6.05. The van der Waals surface area contributed by atoms with Crippen LogP contribution in [0.5, 0.6) is 0 Å². The van der Waals surface area contributed by atoms with Crippen molar-refractivity contribution >= 4 is 5.96 Å². The average molecular weight is 236 g/mol. The van der Waals surface area contributed by atoms with Gasteiger partial charge in [-0.3, -0.25) is 4.68 Å². The summed E-state index contributed by atoms with van der Waals surface area (Å²) >= 11 is 0. The molecule has 0 aliphatic carbocycles. The van der Waals surface area contributed by atoms with Crippen molar-refractivity contribution in [3.05, 3.63) is 11.9 Å². The zero-order valence-corrected chi connectivity index (χ0v) is 10.5. The number of nitrogens with two attached hydrogens (primary N) is 1. The van der Waals surface area contributed by atoms with Crippen LogP contribution in [0, 0.1) is 5.92 Å². The molecule has 1 aromatic heterocycles. The lowest BCUT2D eigenvalue weighted by molar-refractivity contribution is 0.277. The maximum absolute atomic E-state index is 5.99. The zero-order chi connectivity index (χ0) is 12.3. The van der Waals surface area contributed by atoms with Crippen LogP contribution in [0.3, 0.4) is 0 Å². The predicted octanol–water partition coefficient (Wildman–Crippen LogP) is 0.362. The third-order valence-corrected chi connectivity index (χ3v) is 3.32. The topological polar surface area (TPSA) is 72.3 Å². The lowest BCUT2D eigenvalue weighted by Crippen LogP contribution is -2.42. The van der Waals surface area contributed by atoms with Gasteiger partial charge < -0.3 is 10.6 Å². The van der Waals surface area contributed by atoms with E-state index in [-0.39, 0.29) is 0 Å². The summed E-state index contributed by atoms with van der Waals surface area (Å²) in [6, 6.07) is 0. The highest BCUT2D eigenvalue weighted by molar-refractivity contribution is 5.78. The molecule has 0 unspecified atom stereocenters. The van der Waals surface area contributed by atoms with Gasteiger partial charge in [0.1, 0.15) is 0 Å². The Morgan fingerprint density at radius 3 is 2.82 bits per heavy atom. The molecule has 6 heteroatoms. The summed E-state index contributed by atoms with van der Waals surface area (Å²) in [6.45, 7) is 4.85. The molecule has 0 radical (unpaired) electrons. The third kappa shape index (κ3) is 2.95. The second-order valence-corrected chi connectivity index (χ2v) is 4.69. The molecule has 17 heavy (non-hydrogen) atoms. The molecule has 0 aromatic carbocycles. The van der Waals surface area contributed by atoms with E-state index in [1.54, 1.807) is 10.9 Å². The molecule has 0 saturated carbocycles. The largest absolute Gasteiger partial charge is 0.370 e. The smallest absolute Gasteiger partial charge is 0.191 e. The molecule has 1 saturated heterocycles. The summed E-state index contributed by atoms with van der Waals surface area (Å²) < 4.78 is 1.72. The number of piperidine rings is 1. The zero-order valence-electron chi connectivity index (χ0n) is 10.5. The van der Waals surface area contributed by atoms with Crippen LogP contribution in [0.1, 0.15) is 25.5 Å². The molecule has 6 nitrogen and oxygen atoms in total. The van der Waals surface area contributed by atoms with Crippen LogP contribution >= 0.6 is 0 Å². The Labute approximate surface area is 102 Å². The molecule has 0 bridgehead atoms. The van der Waals surface area contributed by atoms with Gasteiger partial charge in [-0.25, -0.2) is 4.99 Å². The molecule has 2 rings (SSSR count). The number of rotatable bonds is 2. The van der Waals surface area contributed by atoms with Gasteiger partial charge in [-0.2, -0.15) is 0 Å². The molecule has 1 aliphatic rings. The molecule has 1 fully saturated rings. The number of hydrogen-bond acceptors (Lipinski definition) is 3. The first-order valence-corrected chi connectivity index (χ1v) is 6.05. The van der Waals surface area contributed by atoms with Crippen LogP contribution < -0.4 is 5.73 Å². The summed E-state index contributed by atoms with van der Waals surface area (Å²) in [4.78, 5) is 6.55. The van der Waals surface area contributed by atoms with Gasteiger partial charge in [0, 0.05) is 20.1 Å². The van der Waals surface area contributed by atoms with Crippen molar-refractivity contribution in [1.29, 1.82) is 0 Å². The van der Waals surface area contributed by atoms with Gasteiger partial charge in [0.2, 0.25) is 0 Å². The highest BCUT2D eigenvalue weighted by atomic mass is 15.4. The lowest BCUT2D eigenvalue weighted by Gasteiger charge is -2.30. The fourth-order valence-corrected chi connectivity index (χ4v) is 1.95. The van der Waals surface area contributed by atoms with Crippen molar-refractivity contribution < 1.29 is 0 Å². The molecule has 2 heterocycles. The minimum Gasteiger partial charge on any atom is -0.370 e. The summed E-state index contributed by atoms with van der Waals surface area (Å²) in [6.07, 6.45) is 4.11. The molecule has 94 valence electrons. The van der Waals surface area contributed by atoms with E-state index in [0.29, 0.717) is 12.5 Å². The SMILES string of the molecule is CC1CCN(C(N)=NCc2cnnn2C)CC1. The van der Waals surface area contributed by atoms with Crippen LogP contribution in [-0.4, -0.2) is 38.9 Å². The van der Waals surface area contributed by atoms with Crippen LogP contribution in [0.25, 0.3) is 0 Å². The molecule has 2 N–H and O–H groups in total. The second kappa shape index (κ2) is 5.16. The van der Waals surface area contributed by atoms with Crippen molar-refractivity contribution in [3.63, 3.8) is 0 Å². The Hall–Kier alpha value is -1.59. The van der Waals surface area contributed by atoms with E-state index in [1.165, 1.54) is 12.8 Å². The van der Waals surface area contributed by atoms with Gasteiger partial charge in [0.15, 0.2) is 5.96 Å². The van der Waals surface area contributed by atoms with E-state index < -0.39 is 0 Å². The van der Waals surface area contributed by atoms with Gasteiger partial charge in [-0.05, 0) is 18.8 Å². The van der Waals surface area contributed by atoms with E-state index in [1.807, 2.05) is 7.05 Å². The Morgan fingerprint density at radius 1 is 1.53 bits per heavy atom. The van der Waals surface area contributed by atoms with Crippen LogP contribution in [-0.2, 0) is 13.6 Å². The van der Waals surface area contributed by atoms with E-state index in [4.69, 9.17) is 5.73 Å². The fraction of sp³-hybridized carbons (Fsp3) is 0.727. The van der Waals surface area contributed by atoms with E-state index in [2.05, 4.69) is 27.1 Å². The van der Waals surface area contributed by atoms with Crippen molar-refractivity contribution in [2.24, 2.45) is 23.7 Å². The first kappa shape index (κ1) is 11.9. The van der Waals surface area contributed by atoms with E-state index in [0.717, 1.165) is 24.7 Å². The number of guanidine groups is 1.